The van der Waals surface area contributed by atoms with Crippen molar-refractivity contribution >= 4 is 23.2 Å². The van der Waals surface area contributed by atoms with Gasteiger partial charge in [-0.1, -0.05) is 0 Å². The van der Waals surface area contributed by atoms with Crippen molar-refractivity contribution in [2.24, 2.45) is 23.5 Å². The van der Waals surface area contributed by atoms with Gasteiger partial charge in [-0.05, 0) is 81.0 Å². The van der Waals surface area contributed by atoms with Gasteiger partial charge in [-0.3, -0.25) is 4.79 Å². The van der Waals surface area contributed by atoms with Crippen molar-refractivity contribution < 1.29 is 14.3 Å². The summed E-state index contributed by atoms with van der Waals surface area (Å²) in [7, 11) is 0. The van der Waals surface area contributed by atoms with E-state index in [1.165, 1.54) is 25.1 Å². The van der Waals surface area contributed by atoms with Crippen LogP contribution in [0.15, 0.2) is 30.5 Å². The highest BCUT2D eigenvalue weighted by molar-refractivity contribution is 5.90. The number of carbonyl (C=O) groups excluding carboxylic acids is 1. The Labute approximate surface area is 204 Å². The standard InChI is InChI=1S/C26H33FN6O2/c1-15-14-32(6-7-33(15)25-29-5-4-21(31-25)24(28)34)22-3-2-19(10-20(22)27)30-23-17-8-16-9-18(23)13-26(35,11-16)12-17/h2-5,10,15-18,23,30,35H,6-9,11-14H2,1H3,(H2,28,34)/t15-,16?,17?,18?,23?,26?/m1/s1. The molecule has 5 fully saturated rings. The van der Waals surface area contributed by atoms with Gasteiger partial charge in [0.1, 0.15) is 11.5 Å². The van der Waals surface area contributed by atoms with Gasteiger partial charge in [0.2, 0.25) is 5.95 Å². The summed E-state index contributed by atoms with van der Waals surface area (Å²) in [6, 6.07) is 7.32. The lowest BCUT2D eigenvalue weighted by molar-refractivity contribution is -0.129. The summed E-state index contributed by atoms with van der Waals surface area (Å²) in [5.74, 6) is 1.24. The monoisotopic (exact) mass is 480 g/mol. The molecule has 1 saturated heterocycles. The van der Waals surface area contributed by atoms with E-state index >= 15 is 4.39 Å². The van der Waals surface area contributed by atoms with Gasteiger partial charge in [0.05, 0.1) is 11.3 Å². The lowest BCUT2D eigenvalue weighted by Crippen LogP contribution is -2.58. The van der Waals surface area contributed by atoms with Crippen molar-refractivity contribution in [3.8, 4) is 0 Å². The number of hydrogen-bond acceptors (Lipinski definition) is 7. The summed E-state index contributed by atoms with van der Waals surface area (Å²) in [6.45, 7) is 3.88. The second kappa shape index (κ2) is 8.33. The fraction of sp³-hybridized carbons (Fsp3) is 0.577. The van der Waals surface area contributed by atoms with Crippen LogP contribution in [0.5, 0.6) is 0 Å². The molecule has 4 N–H and O–H groups in total. The molecule has 1 aliphatic heterocycles. The molecule has 1 aromatic carbocycles. The molecule has 5 aliphatic rings. The molecule has 1 amide bonds. The molecule has 7 rings (SSSR count). The zero-order chi connectivity index (χ0) is 24.3. The second-order valence-electron chi connectivity index (χ2n) is 11.1. The van der Waals surface area contributed by atoms with Gasteiger partial charge in [-0.15, -0.1) is 0 Å². The number of rotatable bonds is 5. The first kappa shape index (κ1) is 22.5. The highest BCUT2D eigenvalue weighted by Gasteiger charge is 2.54. The summed E-state index contributed by atoms with van der Waals surface area (Å²) in [6.07, 6.45) is 6.58. The van der Waals surface area contributed by atoms with E-state index in [-0.39, 0.29) is 17.6 Å². The van der Waals surface area contributed by atoms with Crippen molar-refractivity contribution in [1.82, 2.24) is 9.97 Å². The summed E-state index contributed by atoms with van der Waals surface area (Å²) < 4.78 is 15.3. The number of piperazine rings is 1. The van der Waals surface area contributed by atoms with Gasteiger partial charge in [0.25, 0.3) is 5.91 Å². The number of nitrogens with zero attached hydrogens (tertiary/aromatic N) is 4. The number of hydrogen-bond donors (Lipinski definition) is 3. The smallest absolute Gasteiger partial charge is 0.267 e. The Hall–Kier alpha value is -2.94. The number of nitrogens with one attached hydrogen (secondary N) is 1. The Kier molecular flexibility index (Phi) is 5.36. The van der Waals surface area contributed by atoms with Crippen molar-refractivity contribution in [1.29, 1.82) is 0 Å². The summed E-state index contributed by atoms with van der Waals surface area (Å²) in [4.78, 5) is 24.1. The maximum absolute atomic E-state index is 15.3. The fourth-order valence-corrected chi connectivity index (χ4v) is 7.36. The zero-order valence-corrected chi connectivity index (χ0v) is 20.0. The van der Waals surface area contributed by atoms with Gasteiger partial charge in [0.15, 0.2) is 0 Å². The van der Waals surface area contributed by atoms with E-state index in [0.717, 1.165) is 24.9 Å². The zero-order valence-electron chi connectivity index (χ0n) is 20.0. The van der Waals surface area contributed by atoms with Crippen LogP contribution in [0, 0.1) is 23.6 Å². The number of nitrogens with two attached hydrogens (primary N) is 1. The van der Waals surface area contributed by atoms with Gasteiger partial charge >= 0.3 is 0 Å². The first-order chi connectivity index (χ1) is 16.8. The third-order valence-electron chi connectivity index (χ3n) is 8.64. The third-order valence-corrected chi connectivity index (χ3v) is 8.64. The Morgan fingerprint density at radius 3 is 2.63 bits per heavy atom. The van der Waals surface area contributed by atoms with Crippen LogP contribution in [0.2, 0.25) is 0 Å². The predicted octanol–water partition coefficient (Wildman–Crippen LogP) is 2.78. The Morgan fingerprint density at radius 2 is 1.97 bits per heavy atom. The summed E-state index contributed by atoms with van der Waals surface area (Å²) >= 11 is 0. The topological polar surface area (TPSA) is 108 Å². The third kappa shape index (κ3) is 4.09. The van der Waals surface area contributed by atoms with Gasteiger partial charge in [-0.2, -0.15) is 0 Å². The number of halogens is 1. The minimum Gasteiger partial charge on any atom is -0.390 e. The minimum absolute atomic E-state index is 0.0305. The van der Waals surface area contributed by atoms with Gasteiger partial charge < -0.3 is 26.0 Å². The summed E-state index contributed by atoms with van der Waals surface area (Å²) in [5, 5.41) is 14.5. The molecule has 0 spiro atoms. The first-order valence-corrected chi connectivity index (χ1v) is 12.7. The summed E-state index contributed by atoms with van der Waals surface area (Å²) in [5.41, 5.74) is 6.49. The number of carbonyl (C=O) groups is 1. The largest absolute Gasteiger partial charge is 0.390 e. The van der Waals surface area contributed by atoms with Crippen LogP contribution in [0.3, 0.4) is 0 Å². The highest BCUT2D eigenvalue weighted by atomic mass is 19.1. The fourth-order valence-electron chi connectivity index (χ4n) is 7.36. The Balaban J connectivity index is 1.13. The lowest BCUT2D eigenvalue weighted by Gasteiger charge is -2.58. The van der Waals surface area contributed by atoms with Crippen LogP contribution in [0.25, 0.3) is 0 Å². The highest BCUT2D eigenvalue weighted by Crippen LogP contribution is 2.56. The Morgan fingerprint density at radius 1 is 1.20 bits per heavy atom. The molecule has 2 aromatic rings. The molecular formula is C26H33FN6O2. The number of anilines is 3. The maximum atomic E-state index is 15.3. The van der Waals surface area contributed by atoms with E-state index < -0.39 is 11.5 Å². The number of amides is 1. The van der Waals surface area contributed by atoms with E-state index in [4.69, 9.17) is 5.73 Å². The number of primary amides is 1. The van der Waals surface area contributed by atoms with E-state index in [2.05, 4.69) is 20.2 Å². The molecule has 3 atom stereocenters. The van der Waals surface area contributed by atoms with Crippen molar-refractivity contribution in [3.63, 3.8) is 0 Å². The molecule has 8 nitrogen and oxygen atoms in total. The molecule has 4 bridgehead atoms. The van der Waals surface area contributed by atoms with Gasteiger partial charge in [0, 0.05) is 43.6 Å². The molecule has 4 saturated carbocycles. The number of aliphatic hydroxyl groups is 1. The first-order valence-electron chi connectivity index (χ1n) is 12.7. The van der Waals surface area contributed by atoms with E-state index in [1.807, 2.05) is 24.0 Å². The average Bonchev–Trinajstić information content (AvgIpc) is 2.80. The minimum atomic E-state index is -0.583. The van der Waals surface area contributed by atoms with Crippen LogP contribution < -0.4 is 20.9 Å². The van der Waals surface area contributed by atoms with Crippen LogP contribution >= 0.6 is 0 Å². The molecule has 2 heterocycles. The molecule has 4 aliphatic carbocycles. The Bertz CT molecular complexity index is 1130. The van der Waals surface area contributed by atoms with E-state index in [9.17, 15) is 9.90 Å². The molecule has 9 heteroatoms. The molecule has 2 unspecified atom stereocenters. The lowest BCUT2D eigenvalue weighted by atomic mass is 9.52. The SMILES string of the molecule is C[C@@H]1CN(c2ccc(NC3C4CC5CC3CC(O)(C5)C4)cc2F)CCN1c1nccc(C(N)=O)n1. The number of benzene rings is 1. The molecule has 0 radical (unpaired) electrons. The van der Waals surface area contributed by atoms with Crippen LogP contribution in [0.1, 0.15) is 49.5 Å². The van der Waals surface area contributed by atoms with Crippen LogP contribution in [-0.4, -0.2) is 58.3 Å². The normalized spacial score (nSPS) is 33.7. The van der Waals surface area contributed by atoms with E-state index in [1.54, 1.807) is 6.07 Å². The average molecular weight is 481 g/mol. The quantitative estimate of drug-likeness (QED) is 0.604. The molecule has 35 heavy (non-hydrogen) atoms. The molecule has 186 valence electrons. The number of aromatic nitrogens is 2. The maximum Gasteiger partial charge on any atom is 0.267 e. The van der Waals surface area contributed by atoms with Crippen molar-refractivity contribution in [2.45, 2.75) is 56.7 Å². The predicted molar refractivity (Wildman–Crippen MR) is 132 cm³/mol. The van der Waals surface area contributed by atoms with Crippen LogP contribution in [0.4, 0.5) is 21.7 Å². The molecule has 1 aromatic heterocycles. The van der Waals surface area contributed by atoms with Crippen LogP contribution in [-0.2, 0) is 0 Å². The van der Waals surface area contributed by atoms with Crippen molar-refractivity contribution in [2.75, 3.05) is 34.8 Å². The van der Waals surface area contributed by atoms with Gasteiger partial charge in [-0.25, -0.2) is 14.4 Å². The molecular weight excluding hydrogens is 447 g/mol. The second-order valence-corrected chi connectivity index (χ2v) is 11.1. The van der Waals surface area contributed by atoms with E-state index in [0.29, 0.717) is 55.1 Å². The van der Waals surface area contributed by atoms with Crippen molar-refractivity contribution in [3.05, 3.63) is 42.0 Å².